The zero-order chi connectivity index (χ0) is 20.8. The minimum atomic E-state index is -0.201. The number of likely N-dealkylation sites (N-methyl/N-ethyl adjacent to an activating group) is 1. The van der Waals surface area contributed by atoms with Gasteiger partial charge in [-0.25, -0.2) is 4.39 Å². The van der Waals surface area contributed by atoms with Crippen LogP contribution in [0.1, 0.15) is 19.4 Å². The lowest BCUT2D eigenvalue weighted by molar-refractivity contribution is 0.0900. The molecule has 0 radical (unpaired) electrons. The Morgan fingerprint density at radius 3 is 2.66 bits per heavy atom. The summed E-state index contributed by atoms with van der Waals surface area (Å²) in [5.74, 6) is 1.19. The second-order valence-corrected chi connectivity index (χ2v) is 8.28. The SMILES string of the molecule is CN=C(NCCc1c[nH]c2ccc(F)cc12)NCC(C(C)C)N1CCN(C)CC1. The topological polar surface area (TPSA) is 58.7 Å². The third kappa shape index (κ3) is 5.70. The molecule has 2 heterocycles. The van der Waals surface area contributed by atoms with Crippen LogP contribution in [0.25, 0.3) is 10.9 Å². The molecule has 1 aliphatic rings. The second kappa shape index (κ2) is 10.1. The number of H-pyrrole nitrogens is 1. The van der Waals surface area contributed by atoms with Gasteiger partial charge < -0.3 is 20.5 Å². The van der Waals surface area contributed by atoms with Crippen LogP contribution in [0.15, 0.2) is 29.4 Å². The van der Waals surface area contributed by atoms with E-state index in [0.29, 0.717) is 12.0 Å². The monoisotopic (exact) mass is 402 g/mol. The molecule has 160 valence electrons. The summed E-state index contributed by atoms with van der Waals surface area (Å²) >= 11 is 0. The Morgan fingerprint density at radius 1 is 1.21 bits per heavy atom. The molecule has 1 aromatic heterocycles. The van der Waals surface area contributed by atoms with E-state index in [2.05, 4.69) is 51.3 Å². The zero-order valence-corrected chi connectivity index (χ0v) is 18.1. The van der Waals surface area contributed by atoms with Gasteiger partial charge >= 0.3 is 0 Å². The minimum absolute atomic E-state index is 0.201. The molecule has 1 aromatic carbocycles. The van der Waals surface area contributed by atoms with Crippen LogP contribution in [0.2, 0.25) is 0 Å². The maximum Gasteiger partial charge on any atom is 0.191 e. The Hall–Kier alpha value is -2.12. The number of hydrogen-bond donors (Lipinski definition) is 3. The molecular weight excluding hydrogens is 367 g/mol. The number of nitrogens with one attached hydrogen (secondary N) is 3. The number of aliphatic imine (C=N–C) groups is 1. The van der Waals surface area contributed by atoms with Crippen molar-refractivity contribution in [2.24, 2.45) is 10.9 Å². The Bertz CT molecular complexity index is 807. The van der Waals surface area contributed by atoms with E-state index in [1.54, 1.807) is 19.2 Å². The highest BCUT2D eigenvalue weighted by Gasteiger charge is 2.25. The van der Waals surface area contributed by atoms with Crippen molar-refractivity contribution < 1.29 is 4.39 Å². The van der Waals surface area contributed by atoms with Crippen LogP contribution in [-0.4, -0.2) is 80.1 Å². The smallest absolute Gasteiger partial charge is 0.191 e. The van der Waals surface area contributed by atoms with Crippen LogP contribution in [0.4, 0.5) is 4.39 Å². The molecule has 1 unspecified atom stereocenters. The predicted molar refractivity (Wildman–Crippen MR) is 119 cm³/mol. The molecule has 3 rings (SSSR count). The summed E-state index contributed by atoms with van der Waals surface area (Å²) in [7, 11) is 3.99. The number of aromatic nitrogens is 1. The number of halogens is 1. The number of hydrogen-bond acceptors (Lipinski definition) is 3. The van der Waals surface area contributed by atoms with Gasteiger partial charge in [-0.05, 0) is 43.1 Å². The highest BCUT2D eigenvalue weighted by atomic mass is 19.1. The van der Waals surface area contributed by atoms with E-state index < -0.39 is 0 Å². The van der Waals surface area contributed by atoms with E-state index in [0.717, 1.165) is 68.1 Å². The van der Waals surface area contributed by atoms with Gasteiger partial charge in [0.2, 0.25) is 0 Å². The Labute approximate surface area is 173 Å². The van der Waals surface area contributed by atoms with Crippen molar-refractivity contribution in [3.05, 3.63) is 35.8 Å². The highest BCUT2D eigenvalue weighted by Crippen LogP contribution is 2.19. The second-order valence-electron chi connectivity index (χ2n) is 8.28. The zero-order valence-electron chi connectivity index (χ0n) is 18.1. The first-order valence-electron chi connectivity index (χ1n) is 10.6. The fourth-order valence-corrected chi connectivity index (χ4v) is 4.03. The largest absolute Gasteiger partial charge is 0.361 e. The third-order valence-electron chi connectivity index (χ3n) is 5.89. The molecule has 1 aliphatic heterocycles. The summed E-state index contributed by atoms with van der Waals surface area (Å²) in [4.78, 5) is 12.6. The molecule has 0 saturated carbocycles. The van der Waals surface area contributed by atoms with E-state index >= 15 is 0 Å². The van der Waals surface area contributed by atoms with Gasteiger partial charge in [0.15, 0.2) is 5.96 Å². The van der Waals surface area contributed by atoms with Gasteiger partial charge in [-0.2, -0.15) is 0 Å². The van der Waals surface area contributed by atoms with Crippen molar-refractivity contribution in [1.82, 2.24) is 25.4 Å². The van der Waals surface area contributed by atoms with Gasteiger partial charge in [-0.1, -0.05) is 13.8 Å². The first-order chi connectivity index (χ1) is 14.0. The van der Waals surface area contributed by atoms with Crippen LogP contribution in [0.3, 0.4) is 0 Å². The normalized spacial score (nSPS) is 17.8. The molecule has 1 saturated heterocycles. The summed E-state index contributed by atoms with van der Waals surface area (Å²) in [6.07, 6.45) is 2.76. The summed E-state index contributed by atoms with van der Waals surface area (Å²) in [6, 6.07) is 5.35. The lowest BCUT2D eigenvalue weighted by Crippen LogP contribution is -2.55. The van der Waals surface area contributed by atoms with Crippen LogP contribution in [0, 0.1) is 11.7 Å². The van der Waals surface area contributed by atoms with Crippen molar-refractivity contribution in [1.29, 1.82) is 0 Å². The number of benzene rings is 1. The molecule has 1 fully saturated rings. The maximum absolute atomic E-state index is 13.6. The lowest BCUT2D eigenvalue weighted by atomic mass is 10.0. The van der Waals surface area contributed by atoms with Gasteiger partial charge in [-0.3, -0.25) is 9.89 Å². The van der Waals surface area contributed by atoms with Crippen molar-refractivity contribution in [3.63, 3.8) is 0 Å². The Kier molecular flexibility index (Phi) is 7.50. The fraction of sp³-hybridized carbons (Fsp3) is 0.591. The number of rotatable bonds is 7. The molecule has 0 bridgehead atoms. The van der Waals surface area contributed by atoms with Crippen LogP contribution in [0.5, 0.6) is 0 Å². The van der Waals surface area contributed by atoms with E-state index in [-0.39, 0.29) is 5.82 Å². The minimum Gasteiger partial charge on any atom is -0.361 e. The third-order valence-corrected chi connectivity index (χ3v) is 5.89. The summed E-state index contributed by atoms with van der Waals surface area (Å²) in [5.41, 5.74) is 2.08. The van der Waals surface area contributed by atoms with E-state index in [4.69, 9.17) is 0 Å². The fourth-order valence-electron chi connectivity index (χ4n) is 4.03. The average Bonchev–Trinajstić information content (AvgIpc) is 3.10. The van der Waals surface area contributed by atoms with Gasteiger partial charge in [-0.15, -0.1) is 0 Å². The number of piperazine rings is 1. The summed E-state index contributed by atoms with van der Waals surface area (Å²) in [6.45, 7) is 10.7. The molecule has 29 heavy (non-hydrogen) atoms. The molecule has 0 amide bonds. The van der Waals surface area contributed by atoms with E-state index in [9.17, 15) is 4.39 Å². The van der Waals surface area contributed by atoms with Gasteiger partial charge in [0.05, 0.1) is 0 Å². The molecule has 1 atom stereocenters. The van der Waals surface area contributed by atoms with E-state index in [1.165, 1.54) is 6.07 Å². The number of aromatic amines is 1. The first kappa shape index (κ1) is 21.6. The van der Waals surface area contributed by atoms with Crippen molar-refractivity contribution in [2.45, 2.75) is 26.3 Å². The molecular formula is C22H35FN6. The molecule has 0 aliphatic carbocycles. The molecule has 2 aromatic rings. The van der Waals surface area contributed by atoms with Crippen molar-refractivity contribution >= 4 is 16.9 Å². The summed E-state index contributed by atoms with van der Waals surface area (Å²) in [5, 5.41) is 7.85. The standard InChI is InChI=1S/C22H35FN6/c1-16(2)21(29-11-9-28(4)10-12-29)15-27-22(24-3)25-8-7-17-14-26-20-6-5-18(23)13-19(17)20/h5-6,13-14,16,21,26H,7-12,15H2,1-4H3,(H2,24,25,27). The van der Waals surface area contributed by atoms with Gasteiger partial charge in [0, 0.05) is 69.5 Å². The van der Waals surface area contributed by atoms with Crippen LogP contribution < -0.4 is 10.6 Å². The van der Waals surface area contributed by atoms with Gasteiger partial charge in [0.25, 0.3) is 0 Å². The highest BCUT2D eigenvalue weighted by molar-refractivity contribution is 5.83. The lowest BCUT2D eigenvalue weighted by Gasteiger charge is -2.40. The molecule has 7 heteroatoms. The quantitative estimate of drug-likeness (QED) is 0.491. The molecule has 0 spiro atoms. The number of fused-ring (bicyclic) bond motifs is 1. The predicted octanol–water partition coefficient (Wildman–Crippen LogP) is 2.29. The molecule has 6 nitrogen and oxygen atoms in total. The Balaban J connectivity index is 1.50. The maximum atomic E-state index is 13.6. The number of nitrogens with zero attached hydrogens (tertiary/aromatic N) is 3. The average molecular weight is 403 g/mol. The van der Waals surface area contributed by atoms with Crippen LogP contribution >= 0.6 is 0 Å². The van der Waals surface area contributed by atoms with Crippen molar-refractivity contribution in [3.8, 4) is 0 Å². The van der Waals surface area contributed by atoms with Crippen LogP contribution in [-0.2, 0) is 6.42 Å². The van der Waals surface area contributed by atoms with Crippen molar-refractivity contribution in [2.75, 3.05) is 53.4 Å². The first-order valence-corrected chi connectivity index (χ1v) is 10.6. The summed E-state index contributed by atoms with van der Waals surface area (Å²) < 4.78 is 13.6. The van der Waals surface area contributed by atoms with Gasteiger partial charge in [0.1, 0.15) is 5.82 Å². The number of guanidine groups is 1. The Morgan fingerprint density at radius 2 is 1.97 bits per heavy atom. The van der Waals surface area contributed by atoms with E-state index in [1.807, 2.05) is 6.20 Å². The molecule has 3 N–H and O–H groups in total.